The number of carbonyl (C=O) groups excluding carboxylic acids is 1. The summed E-state index contributed by atoms with van der Waals surface area (Å²) < 4.78 is 11.6. The third-order valence-corrected chi connectivity index (χ3v) is 4.61. The maximum Gasteiger partial charge on any atom is 0.261 e. The Morgan fingerprint density at radius 2 is 1.55 bits per heavy atom. The van der Waals surface area contributed by atoms with Crippen molar-refractivity contribution in [1.29, 1.82) is 0 Å². The zero-order chi connectivity index (χ0) is 22.1. The molecule has 0 bridgehead atoms. The van der Waals surface area contributed by atoms with Gasteiger partial charge in [-0.05, 0) is 73.1 Å². The van der Waals surface area contributed by atoms with Crippen molar-refractivity contribution in [2.45, 2.75) is 20.3 Å². The van der Waals surface area contributed by atoms with Gasteiger partial charge in [0.15, 0.2) is 5.11 Å². The summed E-state index contributed by atoms with van der Waals surface area (Å²) >= 11 is 5.30. The first-order valence-corrected chi connectivity index (χ1v) is 10.6. The van der Waals surface area contributed by atoms with E-state index >= 15 is 0 Å². The lowest BCUT2D eigenvalue weighted by molar-refractivity contribution is 0.0973. The topological polar surface area (TPSA) is 59.6 Å². The van der Waals surface area contributed by atoms with Crippen LogP contribution in [0.4, 0.5) is 5.69 Å². The van der Waals surface area contributed by atoms with Gasteiger partial charge in [0.2, 0.25) is 0 Å². The fourth-order valence-electron chi connectivity index (χ4n) is 2.75. The molecule has 0 saturated carbocycles. The van der Waals surface area contributed by atoms with Crippen molar-refractivity contribution in [2.75, 3.05) is 11.9 Å². The molecule has 3 rings (SSSR count). The first-order chi connectivity index (χ1) is 15.0. The highest BCUT2D eigenvalue weighted by Gasteiger charge is 2.14. The van der Waals surface area contributed by atoms with Crippen LogP contribution >= 0.6 is 12.2 Å². The maximum absolute atomic E-state index is 12.7. The lowest BCUT2D eigenvalue weighted by atomic mass is 10.1. The summed E-state index contributed by atoms with van der Waals surface area (Å²) in [4.78, 5) is 12.7. The van der Waals surface area contributed by atoms with E-state index in [1.807, 2.05) is 60.7 Å². The van der Waals surface area contributed by atoms with Gasteiger partial charge in [0.1, 0.15) is 17.2 Å². The van der Waals surface area contributed by atoms with E-state index < -0.39 is 0 Å². The van der Waals surface area contributed by atoms with E-state index in [-0.39, 0.29) is 11.0 Å². The number of rotatable bonds is 8. The lowest BCUT2D eigenvalue weighted by Gasteiger charge is -2.14. The van der Waals surface area contributed by atoms with Gasteiger partial charge in [0, 0.05) is 5.69 Å². The van der Waals surface area contributed by atoms with Crippen molar-refractivity contribution in [3.8, 4) is 17.2 Å². The maximum atomic E-state index is 12.7. The van der Waals surface area contributed by atoms with Gasteiger partial charge >= 0.3 is 0 Å². The molecule has 0 saturated heterocycles. The van der Waals surface area contributed by atoms with Crippen molar-refractivity contribution < 1.29 is 14.3 Å². The molecule has 3 aromatic carbocycles. The fraction of sp³-hybridized carbons (Fsp3) is 0.200. The van der Waals surface area contributed by atoms with Gasteiger partial charge in [0.25, 0.3) is 5.91 Å². The zero-order valence-electron chi connectivity index (χ0n) is 17.6. The van der Waals surface area contributed by atoms with Gasteiger partial charge in [0.05, 0.1) is 12.2 Å². The number of hydrogen-bond donors (Lipinski definition) is 2. The molecule has 0 unspecified atom stereocenters. The molecule has 160 valence electrons. The Morgan fingerprint density at radius 1 is 0.903 bits per heavy atom. The Balaban J connectivity index is 1.55. The second-order valence-corrected chi connectivity index (χ2v) is 7.78. The summed E-state index contributed by atoms with van der Waals surface area (Å²) in [6, 6.07) is 24.0. The standard InChI is InChI=1S/C25H26N2O3S/c1-18(2)16-17-29-23-11-7-6-10-22(23)24(28)27-25(31)26-19-12-14-21(15-13-19)30-20-8-4-3-5-9-20/h3-15,18H,16-17H2,1-2H3,(H2,26,27,28,31). The number of hydrogen-bond acceptors (Lipinski definition) is 4. The molecule has 3 aromatic rings. The monoisotopic (exact) mass is 434 g/mol. The molecule has 0 aliphatic heterocycles. The average molecular weight is 435 g/mol. The van der Waals surface area contributed by atoms with E-state index in [4.69, 9.17) is 21.7 Å². The number of ether oxygens (including phenoxy) is 2. The molecule has 1 amide bonds. The summed E-state index contributed by atoms with van der Waals surface area (Å²) in [5.74, 6) is 2.23. The minimum absolute atomic E-state index is 0.207. The molecule has 0 aliphatic rings. The Bertz CT molecular complexity index is 1000. The molecule has 0 aromatic heterocycles. The normalized spacial score (nSPS) is 10.4. The number of amides is 1. The van der Waals surface area contributed by atoms with Gasteiger partial charge in [-0.25, -0.2) is 0 Å². The van der Waals surface area contributed by atoms with Crippen molar-refractivity contribution in [2.24, 2.45) is 5.92 Å². The number of thiocarbonyl (C=S) groups is 1. The number of nitrogens with one attached hydrogen (secondary N) is 2. The highest BCUT2D eigenvalue weighted by atomic mass is 32.1. The van der Waals surface area contributed by atoms with Crippen LogP contribution in [0.3, 0.4) is 0 Å². The molecule has 0 fully saturated rings. The molecule has 2 N–H and O–H groups in total. The van der Waals surface area contributed by atoms with Crippen LogP contribution in [0.15, 0.2) is 78.9 Å². The molecular weight excluding hydrogens is 408 g/mol. The number of carbonyl (C=O) groups is 1. The first kappa shape index (κ1) is 22.3. The van der Waals surface area contributed by atoms with Crippen LogP contribution in [-0.4, -0.2) is 17.6 Å². The van der Waals surface area contributed by atoms with E-state index in [0.29, 0.717) is 29.6 Å². The van der Waals surface area contributed by atoms with Crippen molar-refractivity contribution >= 4 is 28.9 Å². The Morgan fingerprint density at radius 3 is 2.26 bits per heavy atom. The molecule has 0 spiro atoms. The largest absolute Gasteiger partial charge is 0.493 e. The second kappa shape index (κ2) is 11.1. The highest BCUT2D eigenvalue weighted by molar-refractivity contribution is 7.80. The quantitative estimate of drug-likeness (QED) is 0.424. The molecule has 0 radical (unpaired) electrons. The molecule has 6 heteroatoms. The van der Waals surface area contributed by atoms with E-state index in [9.17, 15) is 4.79 Å². The molecule has 31 heavy (non-hydrogen) atoms. The third-order valence-electron chi connectivity index (χ3n) is 4.40. The number of para-hydroxylation sites is 2. The summed E-state index contributed by atoms with van der Waals surface area (Å²) in [5, 5.41) is 5.93. The molecule has 0 heterocycles. The molecule has 0 aliphatic carbocycles. The summed E-state index contributed by atoms with van der Waals surface area (Å²) in [6.45, 7) is 4.82. The summed E-state index contributed by atoms with van der Waals surface area (Å²) in [6.07, 6.45) is 0.917. The average Bonchev–Trinajstić information content (AvgIpc) is 2.76. The van der Waals surface area contributed by atoms with Crippen LogP contribution < -0.4 is 20.1 Å². The zero-order valence-corrected chi connectivity index (χ0v) is 18.4. The fourth-order valence-corrected chi connectivity index (χ4v) is 2.96. The SMILES string of the molecule is CC(C)CCOc1ccccc1C(=O)NC(=S)Nc1ccc(Oc2ccccc2)cc1. The van der Waals surface area contributed by atoms with E-state index in [1.165, 1.54) is 0 Å². The Labute approximate surface area is 188 Å². The number of benzene rings is 3. The molecule has 0 atom stereocenters. The van der Waals surface area contributed by atoms with Gasteiger partial charge < -0.3 is 14.8 Å². The number of anilines is 1. The van der Waals surface area contributed by atoms with Gasteiger partial charge in [-0.1, -0.05) is 44.2 Å². The second-order valence-electron chi connectivity index (χ2n) is 7.37. The Hall–Kier alpha value is -3.38. The van der Waals surface area contributed by atoms with Crippen molar-refractivity contribution in [1.82, 2.24) is 5.32 Å². The minimum atomic E-state index is -0.318. The predicted octanol–water partition coefficient (Wildman–Crippen LogP) is 6.03. The van der Waals surface area contributed by atoms with Crippen LogP contribution in [0.25, 0.3) is 0 Å². The van der Waals surface area contributed by atoms with Gasteiger partial charge in [-0.2, -0.15) is 0 Å². The van der Waals surface area contributed by atoms with Crippen LogP contribution in [0.1, 0.15) is 30.6 Å². The van der Waals surface area contributed by atoms with Crippen LogP contribution in [0.5, 0.6) is 17.2 Å². The Kier molecular flexibility index (Phi) is 8.01. The van der Waals surface area contributed by atoms with Crippen LogP contribution in [-0.2, 0) is 0 Å². The summed E-state index contributed by atoms with van der Waals surface area (Å²) in [5.41, 5.74) is 1.19. The lowest BCUT2D eigenvalue weighted by Crippen LogP contribution is -2.34. The van der Waals surface area contributed by atoms with Gasteiger partial charge in [-0.3, -0.25) is 10.1 Å². The first-order valence-electron chi connectivity index (χ1n) is 10.2. The minimum Gasteiger partial charge on any atom is -0.493 e. The van der Waals surface area contributed by atoms with E-state index in [0.717, 1.165) is 17.9 Å². The van der Waals surface area contributed by atoms with Crippen LogP contribution in [0.2, 0.25) is 0 Å². The highest BCUT2D eigenvalue weighted by Crippen LogP contribution is 2.23. The van der Waals surface area contributed by atoms with Crippen molar-refractivity contribution in [3.63, 3.8) is 0 Å². The van der Waals surface area contributed by atoms with Crippen LogP contribution in [0, 0.1) is 5.92 Å². The van der Waals surface area contributed by atoms with Gasteiger partial charge in [-0.15, -0.1) is 0 Å². The summed E-state index contributed by atoms with van der Waals surface area (Å²) in [7, 11) is 0. The predicted molar refractivity (Wildman–Crippen MR) is 128 cm³/mol. The molecule has 5 nitrogen and oxygen atoms in total. The third kappa shape index (κ3) is 7.12. The van der Waals surface area contributed by atoms with Crippen molar-refractivity contribution in [3.05, 3.63) is 84.4 Å². The van der Waals surface area contributed by atoms with E-state index in [2.05, 4.69) is 24.5 Å². The molecular formula is C25H26N2O3S. The smallest absolute Gasteiger partial charge is 0.261 e. The van der Waals surface area contributed by atoms with E-state index in [1.54, 1.807) is 18.2 Å².